The van der Waals surface area contributed by atoms with Crippen molar-refractivity contribution in [2.24, 2.45) is 23.7 Å². The lowest BCUT2D eigenvalue weighted by Crippen LogP contribution is -2.58. The Balaban J connectivity index is 1.32. The first-order valence-electron chi connectivity index (χ1n) is 18.7. The number of hydrogen-bond donors (Lipinski definition) is 2. The molecular weight excluding hydrogens is 626 g/mol. The molecule has 0 aromatic rings. The van der Waals surface area contributed by atoms with E-state index in [4.69, 9.17) is 28.4 Å². The molecule has 0 radical (unpaired) electrons. The second kappa shape index (κ2) is 15.4. The third kappa shape index (κ3) is 7.97. The number of aliphatic hydroxyl groups is 2. The van der Waals surface area contributed by atoms with Crippen LogP contribution in [0.1, 0.15) is 80.1 Å². The molecule has 4 fully saturated rings. The van der Waals surface area contributed by atoms with Gasteiger partial charge in [0, 0.05) is 44.8 Å². The zero-order chi connectivity index (χ0) is 34.9. The van der Waals surface area contributed by atoms with Crippen LogP contribution < -0.4 is 0 Å². The number of allylic oxidation sites excluding steroid dienone is 2. The Morgan fingerprint density at radius 1 is 1.14 bits per heavy atom. The predicted octanol–water partition coefficient (Wildman–Crippen LogP) is 4.85. The Morgan fingerprint density at radius 3 is 2.69 bits per heavy atom. The van der Waals surface area contributed by atoms with E-state index in [1.54, 1.807) is 13.0 Å². The number of esters is 1. The second-order valence-electron chi connectivity index (χ2n) is 15.6. The Morgan fingerprint density at radius 2 is 1.94 bits per heavy atom. The highest BCUT2D eigenvalue weighted by Gasteiger charge is 2.60. The summed E-state index contributed by atoms with van der Waals surface area (Å²) in [7, 11) is 0. The summed E-state index contributed by atoms with van der Waals surface area (Å²) in [6.45, 7) is 16.7. The number of aliphatic hydroxyl groups excluding tert-OH is 1. The summed E-state index contributed by atoms with van der Waals surface area (Å²) in [5.41, 5.74) is 0.426. The molecule has 6 rings (SSSR count). The summed E-state index contributed by atoms with van der Waals surface area (Å²) in [6, 6.07) is 0. The van der Waals surface area contributed by atoms with Crippen LogP contribution in [0, 0.1) is 23.7 Å². The van der Waals surface area contributed by atoms with Crippen molar-refractivity contribution in [3.8, 4) is 0 Å². The van der Waals surface area contributed by atoms with E-state index < -0.39 is 41.6 Å². The number of nitrogens with zero attached hydrogens (tertiary/aromatic N) is 1. The molecule has 10 nitrogen and oxygen atoms in total. The van der Waals surface area contributed by atoms with Crippen LogP contribution in [-0.4, -0.2) is 109 Å². The fourth-order valence-corrected chi connectivity index (χ4v) is 8.49. The number of carbonyl (C=O) groups excluding carboxylic acids is 1. The number of rotatable bonds is 8. The van der Waals surface area contributed by atoms with E-state index in [1.165, 1.54) is 0 Å². The van der Waals surface area contributed by atoms with Crippen molar-refractivity contribution in [2.75, 3.05) is 39.6 Å². The van der Waals surface area contributed by atoms with Crippen molar-refractivity contribution in [2.45, 2.75) is 128 Å². The Hall–Kier alpha value is -1.89. The molecule has 0 aromatic carbocycles. The summed E-state index contributed by atoms with van der Waals surface area (Å²) in [6.07, 6.45) is 10.9. The number of hydrogen-bond acceptors (Lipinski definition) is 10. The van der Waals surface area contributed by atoms with Gasteiger partial charge < -0.3 is 38.6 Å². The lowest BCUT2D eigenvalue weighted by Gasteiger charge is -2.51. The summed E-state index contributed by atoms with van der Waals surface area (Å²) < 4.78 is 38.4. The van der Waals surface area contributed by atoms with Crippen LogP contribution in [0.25, 0.3) is 0 Å². The summed E-state index contributed by atoms with van der Waals surface area (Å²) in [5, 5.41) is 23.4. The monoisotopic (exact) mass is 685 g/mol. The van der Waals surface area contributed by atoms with Crippen molar-refractivity contribution in [1.82, 2.24) is 4.90 Å². The molecule has 274 valence electrons. The first-order chi connectivity index (χ1) is 23.4. The minimum absolute atomic E-state index is 0.0322. The molecule has 6 aliphatic rings. The maximum atomic E-state index is 14.2. The van der Waals surface area contributed by atoms with Gasteiger partial charge in [0.15, 0.2) is 5.79 Å². The van der Waals surface area contributed by atoms with Crippen molar-refractivity contribution in [3.63, 3.8) is 0 Å². The highest BCUT2D eigenvalue weighted by Crippen LogP contribution is 2.48. The molecule has 1 spiro atoms. The molecule has 4 saturated heterocycles. The summed E-state index contributed by atoms with van der Waals surface area (Å²) >= 11 is 0. The standard InChI is InChI=1S/C39H59NO9/c1-7-24(2)35-27(5)13-14-38(49-35)21-31-20-30(48-38)12-11-26(4)34(46-23-44-18-17-40-15-16-40)25(3)9-8-10-29-22-45-36-33(41)28(6)19-32(37(42)47-31)39(29,36)43/h8-11,19,24-25,27,30-36,41,43H,7,12-18,20-23H2,1-6H3/b9-8+,26-11+,29-10+/t24?,25-,27-,30+,31-,32-,33+,34?,35+,36?,38+,39+/m0/s1. The van der Waals surface area contributed by atoms with Crippen molar-refractivity contribution < 1.29 is 43.4 Å². The van der Waals surface area contributed by atoms with Gasteiger partial charge in [-0.3, -0.25) is 9.69 Å². The molecule has 49 heavy (non-hydrogen) atoms. The molecule has 2 bridgehead atoms. The zero-order valence-electron chi connectivity index (χ0n) is 30.3. The highest BCUT2D eigenvalue weighted by molar-refractivity contribution is 5.78. The largest absolute Gasteiger partial charge is 0.462 e. The van der Waals surface area contributed by atoms with E-state index in [1.807, 2.05) is 18.2 Å². The van der Waals surface area contributed by atoms with Crippen molar-refractivity contribution >= 4 is 5.97 Å². The quantitative estimate of drug-likeness (QED) is 0.121. The van der Waals surface area contributed by atoms with Gasteiger partial charge in [0.25, 0.3) is 0 Å². The van der Waals surface area contributed by atoms with Crippen molar-refractivity contribution in [3.05, 3.63) is 47.1 Å². The maximum absolute atomic E-state index is 14.2. The number of carbonyl (C=O) groups is 1. The fourth-order valence-electron chi connectivity index (χ4n) is 8.49. The highest BCUT2D eigenvalue weighted by atomic mass is 16.7. The minimum atomic E-state index is -1.75. The Kier molecular flexibility index (Phi) is 11.6. The average molecular weight is 686 g/mol. The minimum Gasteiger partial charge on any atom is -0.462 e. The van der Waals surface area contributed by atoms with E-state index in [0.29, 0.717) is 48.9 Å². The SMILES string of the molecule is CCC(C)[C@H]1O[C@]2(CC[C@@H]1C)C[C@@H]1C[C@@H](C/C=C(\C)C(OCOCCN3CC3)[C@@H](C)/C=C/C=C3\COC4[C@H](O)C(C)=C[C@@H](C(=O)O1)[C@]34O)O2. The molecule has 5 aliphatic heterocycles. The lowest BCUT2D eigenvalue weighted by molar-refractivity contribution is -0.340. The lowest BCUT2D eigenvalue weighted by atomic mass is 9.71. The van der Waals surface area contributed by atoms with Gasteiger partial charge in [-0.05, 0) is 55.2 Å². The van der Waals surface area contributed by atoms with Gasteiger partial charge in [-0.2, -0.15) is 0 Å². The van der Waals surface area contributed by atoms with E-state index in [0.717, 1.165) is 44.5 Å². The normalized spacial score (nSPS) is 44.9. The zero-order valence-corrected chi connectivity index (χ0v) is 30.3. The Labute approximate surface area is 292 Å². The molecule has 12 atom stereocenters. The molecule has 0 saturated carbocycles. The predicted molar refractivity (Wildman–Crippen MR) is 184 cm³/mol. The summed E-state index contributed by atoms with van der Waals surface area (Å²) in [5.74, 6) is -1.70. The third-order valence-electron chi connectivity index (χ3n) is 11.9. The van der Waals surface area contributed by atoms with Crippen LogP contribution in [0.5, 0.6) is 0 Å². The molecule has 1 aliphatic carbocycles. The molecule has 3 unspecified atom stereocenters. The van der Waals surface area contributed by atoms with Gasteiger partial charge in [-0.1, -0.05) is 64.5 Å². The molecule has 5 heterocycles. The maximum Gasteiger partial charge on any atom is 0.316 e. The van der Waals surface area contributed by atoms with E-state index in [2.05, 4.69) is 45.6 Å². The van der Waals surface area contributed by atoms with Crippen LogP contribution in [0.3, 0.4) is 0 Å². The van der Waals surface area contributed by atoms with E-state index >= 15 is 0 Å². The van der Waals surface area contributed by atoms with Crippen LogP contribution in [0.2, 0.25) is 0 Å². The second-order valence-corrected chi connectivity index (χ2v) is 15.6. The van der Waals surface area contributed by atoms with Gasteiger partial charge in [0.1, 0.15) is 36.6 Å². The van der Waals surface area contributed by atoms with Gasteiger partial charge in [0.2, 0.25) is 0 Å². The van der Waals surface area contributed by atoms with Crippen LogP contribution in [0.4, 0.5) is 0 Å². The van der Waals surface area contributed by atoms with Crippen LogP contribution >= 0.6 is 0 Å². The van der Waals surface area contributed by atoms with E-state index in [9.17, 15) is 15.0 Å². The first-order valence-corrected chi connectivity index (χ1v) is 18.7. The topological polar surface area (TPSA) is 116 Å². The average Bonchev–Trinajstić information content (AvgIpc) is 3.84. The third-order valence-corrected chi connectivity index (χ3v) is 11.9. The van der Waals surface area contributed by atoms with Gasteiger partial charge >= 0.3 is 5.97 Å². The number of ether oxygens (including phenoxy) is 6. The molecular formula is C39H59NO9. The molecule has 2 N–H and O–H groups in total. The molecule has 0 amide bonds. The first kappa shape index (κ1) is 36.9. The van der Waals surface area contributed by atoms with Crippen LogP contribution in [0.15, 0.2) is 47.1 Å². The van der Waals surface area contributed by atoms with E-state index in [-0.39, 0.29) is 37.6 Å². The summed E-state index contributed by atoms with van der Waals surface area (Å²) in [4.78, 5) is 16.5. The Bertz CT molecular complexity index is 1300. The van der Waals surface area contributed by atoms with Gasteiger partial charge in [-0.15, -0.1) is 0 Å². The molecule has 0 aromatic heterocycles. The van der Waals surface area contributed by atoms with Gasteiger partial charge in [-0.25, -0.2) is 0 Å². The van der Waals surface area contributed by atoms with Crippen molar-refractivity contribution in [1.29, 1.82) is 0 Å². The number of fused-ring (bicyclic) bond motifs is 2. The van der Waals surface area contributed by atoms with Gasteiger partial charge in [0.05, 0.1) is 31.5 Å². The smallest absolute Gasteiger partial charge is 0.316 e. The molecule has 10 heteroatoms. The fraction of sp³-hybridized carbons (Fsp3) is 0.769. The van der Waals surface area contributed by atoms with Crippen LogP contribution in [-0.2, 0) is 33.2 Å².